The topological polar surface area (TPSA) is 100 Å². The number of rotatable bonds is 6. The highest BCUT2D eigenvalue weighted by atomic mass is 32.1. The molecule has 0 aliphatic carbocycles. The van der Waals surface area contributed by atoms with Gasteiger partial charge < -0.3 is 13.9 Å². The maximum Gasteiger partial charge on any atom is 0.338 e. The molecule has 0 saturated carbocycles. The van der Waals surface area contributed by atoms with Crippen LogP contribution in [0.5, 0.6) is 0 Å². The third-order valence-corrected chi connectivity index (χ3v) is 5.99. The van der Waals surface area contributed by atoms with E-state index in [1.165, 1.54) is 15.9 Å². The van der Waals surface area contributed by atoms with E-state index in [1.807, 2.05) is 6.07 Å². The molecule has 0 N–H and O–H groups in total. The van der Waals surface area contributed by atoms with Crippen LogP contribution in [0.3, 0.4) is 0 Å². The van der Waals surface area contributed by atoms with Gasteiger partial charge in [0.15, 0.2) is 4.80 Å². The van der Waals surface area contributed by atoms with Crippen molar-refractivity contribution in [1.82, 2.24) is 4.57 Å². The second kappa shape index (κ2) is 9.41. The van der Waals surface area contributed by atoms with Gasteiger partial charge in [-0.1, -0.05) is 23.5 Å². The fourth-order valence-electron chi connectivity index (χ4n) is 3.37. The Labute approximate surface area is 193 Å². The van der Waals surface area contributed by atoms with E-state index < -0.39 is 11.9 Å². The van der Waals surface area contributed by atoms with Crippen molar-refractivity contribution in [2.75, 3.05) is 13.2 Å². The molecular formula is C24H22N2O6S. The summed E-state index contributed by atoms with van der Waals surface area (Å²) in [7, 11) is 0. The minimum absolute atomic E-state index is 0.122. The van der Waals surface area contributed by atoms with Gasteiger partial charge in [-0.05, 0) is 45.0 Å². The number of ether oxygens (including phenoxy) is 2. The molecule has 1 aromatic carbocycles. The van der Waals surface area contributed by atoms with E-state index in [4.69, 9.17) is 13.9 Å². The van der Waals surface area contributed by atoms with Crippen LogP contribution in [0.15, 0.2) is 61.9 Å². The third kappa shape index (κ3) is 4.58. The molecule has 8 nitrogen and oxygen atoms in total. The lowest BCUT2D eigenvalue weighted by Gasteiger charge is -2.12. The van der Waals surface area contributed by atoms with Gasteiger partial charge in [-0.25, -0.2) is 14.6 Å². The minimum atomic E-state index is -0.464. The van der Waals surface area contributed by atoms with Crippen LogP contribution < -0.4 is 14.9 Å². The number of carbonyl (C=O) groups is 2. The average molecular weight is 467 g/mol. The minimum Gasteiger partial charge on any atom is -0.463 e. The number of hydrogen-bond acceptors (Lipinski definition) is 8. The van der Waals surface area contributed by atoms with Gasteiger partial charge in [0.25, 0.3) is 5.56 Å². The first-order valence-corrected chi connectivity index (χ1v) is 11.3. The van der Waals surface area contributed by atoms with E-state index >= 15 is 0 Å². The predicted molar refractivity (Wildman–Crippen MR) is 122 cm³/mol. The Morgan fingerprint density at radius 1 is 1.15 bits per heavy atom. The summed E-state index contributed by atoms with van der Waals surface area (Å²) in [5.74, 6) is 0.178. The Morgan fingerprint density at radius 3 is 2.67 bits per heavy atom. The Hall–Kier alpha value is -3.72. The highest BCUT2D eigenvalue weighted by Gasteiger charge is 2.21. The molecule has 170 valence electrons. The lowest BCUT2D eigenvalue weighted by Crippen LogP contribution is -2.35. The summed E-state index contributed by atoms with van der Waals surface area (Å²) in [5, 5.41) is 0. The van der Waals surface area contributed by atoms with E-state index in [0.717, 1.165) is 5.56 Å². The summed E-state index contributed by atoms with van der Waals surface area (Å²) in [6.45, 7) is 5.89. The summed E-state index contributed by atoms with van der Waals surface area (Å²) >= 11 is 1.23. The first-order chi connectivity index (χ1) is 15.9. The van der Waals surface area contributed by atoms with Crippen molar-refractivity contribution in [3.05, 3.63) is 78.7 Å². The van der Waals surface area contributed by atoms with Crippen LogP contribution in [0.25, 0.3) is 17.4 Å². The van der Waals surface area contributed by atoms with Crippen molar-refractivity contribution in [1.29, 1.82) is 0 Å². The standard InChI is InChI=1S/C24H22N2O6S/c1-4-30-22(28)16-8-6-7-15(11-16)19-10-9-17(32-19)12-20-21(27)26-13-18(23(29)31-5-2)14(3)25-24(26)33-20/h6-12H,4-5,13H2,1-3H3/b20-12-. The van der Waals surface area contributed by atoms with E-state index in [1.54, 1.807) is 57.2 Å². The van der Waals surface area contributed by atoms with Crippen LogP contribution in [0, 0.1) is 0 Å². The molecule has 0 unspecified atom stereocenters. The molecule has 1 aliphatic rings. The van der Waals surface area contributed by atoms with Gasteiger partial charge in [0, 0.05) is 11.6 Å². The largest absolute Gasteiger partial charge is 0.463 e. The average Bonchev–Trinajstić information content (AvgIpc) is 3.38. The molecule has 0 atom stereocenters. The normalized spacial score (nSPS) is 13.5. The van der Waals surface area contributed by atoms with Gasteiger partial charge in [0.05, 0.1) is 41.1 Å². The number of carbonyl (C=O) groups excluding carboxylic acids is 2. The highest BCUT2D eigenvalue weighted by molar-refractivity contribution is 7.07. The molecule has 9 heteroatoms. The van der Waals surface area contributed by atoms with E-state index in [-0.39, 0.29) is 18.7 Å². The van der Waals surface area contributed by atoms with Crippen LogP contribution in [0.1, 0.15) is 36.9 Å². The second-order valence-corrected chi connectivity index (χ2v) is 8.19. The maximum atomic E-state index is 12.9. The van der Waals surface area contributed by atoms with Crippen LogP contribution in [0.4, 0.5) is 0 Å². The molecule has 0 amide bonds. The Balaban J connectivity index is 1.64. The molecule has 4 rings (SSSR count). The zero-order valence-electron chi connectivity index (χ0n) is 18.4. The van der Waals surface area contributed by atoms with Gasteiger partial charge >= 0.3 is 11.9 Å². The molecule has 0 bridgehead atoms. The quantitative estimate of drug-likeness (QED) is 0.518. The molecule has 2 aromatic heterocycles. The molecular weight excluding hydrogens is 444 g/mol. The predicted octanol–water partition coefficient (Wildman–Crippen LogP) is 2.65. The van der Waals surface area contributed by atoms with Crippen molar-refractivity contribution in [2.24, 2.45) is 4.99 Å². The number of aromatic nitrogens is 1. The molecule has 0 saturated heterocycles. The van der Waals surface area contributed by atoms with Crippen LogP contribution in [-0.4, -0.2) is 29.7 Å². The number of fused-ring (bicyclic) bond motifs is 1. The van der Waals surface area contributed by atoms with Gasteiger partial charge in [-0.3, -0.25) is 9.36 Å². The first-order valence-electron chi connectivity index (χ1n) is 10.5. The van der Waals surface area contributed by atoms with Crippen molar-refractivity contribution in [3.8, 4) is 11.3 Å². The van der Waals surface area contributed by atoms with Crippen molar-refractivity contribution >= 4 is 29.4 Å². The van der Waals surface area contributed by atoms with Gasteiger partial charge in [-0.2, -0.15) is 0 Å². The SMILES string of the molecule is CCOC(=O)C1=C(C)N=c2s/c(=C\c3ccc(-c4cccc(C(=O)OCC)c4)o3)c(=O)n2C1. The number of allylic oxidation sites excluding steroid dienone is 1. The van der Waals surface area contributed by atoms with E-state index in [9.17, 15) is 14.4 Å². The third-order valence-electron chi connectivity index (χ3n) is 4.98. The molecule has 1 aliphatic heterocycles. The number of hydrogen-bond donors (Lipinski definition) is 0. The molecule has 3 heterocycles. The van der Waals surface area contributed by atoms with Crippen molar-refractivity contribution < 1.29 is 23.5 Å². The number of nitrogens with zero attached hydrogens (tertiary/aromatic N) is 2. The second-order valence-electron chi connectivity index (χ2n) is 7.18. The number of furan rings is 1. The van der Waals surface area contributed by atoms with E-state index in [2.05, 4.69) is 4.99 Å². The molecule has 0 radical (unpaired) electrons. The summed E-state index contributed by atoms with van der Waals surface area (Å²) in [6.07, 6.45) is 1.64. The molecule has 0 spiro atoms. The summed E-state index contributed by atoms with van der Waals surface area (Å²) < 4.78 is 17.9. The number of thiazole rings is 1. The van der Waals surface area contributed by atoms with Crippen molar-refractivity contribution in [3.63, 3.8) is 0 Å². The van der Waals surface area contributed by atoms with E-state index in [0.29, 0.717) is 44.3 Å². The van der Waals surface area contributed by atoms with Crippen LogP contribution in [0.2, 0.25) is 0 Å². The lowest BCUT2D eigenvalue weighted by molar-refractivity contribution is -0.138. The van der Waals surface area contributed by atoms with Crippen LogP contribution >= 0.6 is 11.3 Å². The molecule has 0 fully saturated rings. The monoisotopic (exact) mass is 466 g/mol. The van der Waals surface area contributed by atoms with Gasteiger partial charge in [0.2, 0.25) is 0 Å². The van der Waals surface area contributed by atoms with Crippen LogP contribution in [-0.2, 0) is 20.8 Å². The summed E-state index contributed by atoms with van der Waals surface area (Å²) in [4.78, 5) is 42.0. The highest BCUT2D eigenvalue weighted by Crippen LogP contribution is 2.24. The smallest absolute Gasteiger partial charge is 0.338 e. The zero-order chi connectivity index (χ0) is 23.5. The Bertz CT molecular complexity index is 1440. The number of benzene rings is 1. The van der Waals surface area contributed by atoms with Gasteiger partial charge in [-0.15, -0.1) is 0 Å². The zero-order valence-corrected chi connectivity index (χ0v) is 19.2. The number of esters is 2. The Morgan fingerprint density at radius 2 is 1.91 bits per heavy atom. The summed E-state index contributed by atoms with van der Waals surface area (Å²) in [6, 6.07) is 10.5. The fourth-order valence-corrected chi connectivity index (χ4v) is 4.38. The van der Waals surface area contributed by atoms with Gasteiger partial charge in [0.1, 0.15) is 11.5 Å². The molecule has 33 heavy (non-hydrogen) atoms. The van der Waals surface area contributed by atoms with Crippen molar-refractivity contribution in [2.45, 2.75) is 27.3 Å². The molecule has 3 aromatic rings. The Kier molecular flexibility index (Phi) is 6.41. The fraction of sp³-hybridized carbons (Fsp3) is 0.250. The maximum absolute atomic E-state index is 12.9. The first kappa shape index (κ1) is 22.5. The summed E-state index contributed by atoms with van der Waals surface area (Å²) in [5.41, 5.74) is 1.81. The lowest BCUT2D eigenvalue weighted by atomic mass is 10.1.